The van der Waals surface area contributed by atoms with Gasteiger partial charge in [-0.3, -0.25) is 24.8 Å². The minimum atomic E-state index is -0.379. The van der Waals surface area contributed by atoms with E-state index in [0.29, 0.717) is 19.0 Å². The van der Waals surface area contributed by atoms with Gasteiger partial charge < -0.3 is 4.74 Å². The maximum absolute atomic E-state index is 12.3. The molecule has 0 aliphatic carbocycles. The zero-order chi connectivity index (χ0) is 22.1. The fourth-order valence-electron chi connectivity index (χ4n) is 5.12. The standard InChI is InChI=1S/C23H32N6O3/c1-17-14-26(8-9-27(17)16-18-4-10-32-11-5-18)15-19-2-7-29-20(12-19)21(13-24-29)28-6-3-22(30)25-23(28)31/h2,7,12-13,17-18H,3-6,8-11,14-16H2,1H3,(H,25,30,31)/t17-/m0/s1. The van der Waals surface area contributed by atoms with Gasteiger partial charge in [0.05, 0.1) is 17.4 Å². The van der Waals surface area contributed by atoms with E-state index in [1.54, 1.807) is 15.6 Å². The van der Waals surface area contributed by atoms with Crippen molar-refractivity contribution in [2.75, 3.05) is 50.8 Å². The maximum Gasteiger partial charge on any atom is 0.328 e. The molecule has 0 aromatic carbocycles. The molecule has 9 heteroatoms. The van der Waals surface area contributed by atoms with Gasteiger partial charge in [0.25, 0.3) is 0 Å². The number of imide groups is 1. The molecule has 0 radical (unpaired) electrons. The second kappa shape index (κ2) is 9.17. The predicted molar refractivity (Wildman–Crippen MR) is 121 cm³/mol. The summed E-state index contributed by atoms with van der Waals surface area (Å²) in [5.74, 6) is 0.538. The van der Waals surface area contributed by atoms with Gasteiger partial charge in [0.15, 0.2) is 0 Å². The first kappa shape index (κ1) is 21.4. The smallest absolute Gasteiger partial charge is 0.328 e. The Balaban J connectivity index is 1.24. The van der Waals surface area contributed by atoms with Crippen LogP contribution < -0.4 is 10.2 Å². The number of ether oxygens (including phenoxy) is 1. The van der Waals surface area contributed by atoms with E-state index < -0.39 is 0 Å². The number of hydrogen-bond acceptors (Lipinski definition) is 6. The van der Waals surface area contributed by atoms with Crippen LogP contribution in [0, 0.1) is 5.92 Å². The Morgan fingerprint density at radius 3 is 2.81 bits per heavy atom. The third-order valence-corrected chi connectivity index (χ3v) is 7.00. The van der Waals surface area contributed by atoms with Crippen molar-refractivity contribution in [3.63, 3.8) is 0 Å². The van der Waals surface area contributed by atoms with Crippen LogP contribution in [0.5, 0.6) is 0 Å². The highest BCUT2D eigenvalue weighted by molar-refractivity contribution is 6.07. The van der Waals surface area contributed by atoms with Gasteiger partial charge >= 0.3 is 6.03 Å². The summed E-state index contributed by atoms with van der Waals surface area (Å²) in [5.41, 5.74) is 2.84. The first-order chi connectivity index (χ1) is 15.6. The number of carbonyl (C=O) groups is 2. The van der Waals surface area contributed by atoms with E-state index in [1.807, 2.05) is 6.20 Å². The van der Waals surface area contributed by atoms with Gasteiger partial charge in [0.1, 0.15) is 0 Å². The van der Waals surface area contributed by atoms with E-state index in [0.717, 1.165) is 56.5 Å². The maximum atomic E-state index is 12.3. The third-order valence-electron chi connectivity index (χ3n) is 7.00. The summed E-state index contributed by atoms with van der Waals surface area (Å²) >= 11 is 0. The van der Waals surface area contributed by atoms with Crippen LogP contribution in [0.15, 0.2) is 24.5 Å². The van der Waals surface area contributed by atoms with E-state index in [2.05, 4.69) is 39.3 Å². The number of aromatic nitrogens is 2. The van der Waals surface area contributed by atoms with E-state index in [-0.39, 0.29) is 11.9 Å². The third kappa shape index (κ3) is 4.51. The normalized spacial score (nSPS) is 24.3. The molecule has 172 valence electrons. The number of anilines is 1. The zero-order valence-electron chi connectivity index (χ0n) is 18.7. The van der Waals surface area contributed by atoms with Gasteiger partial charge in [-0.25, -0.2) is 9.31 Å². The first-order valence-electron chi connectivity index (χ1n) is 11.7. The monoisotopic (exact) mass is 440 g/mol. The predicted octanol–water partition coefficient (Wildman–Crippen LogP) is 1.71. The minimum absolute atomic E-state index is 0.228. The molecule has 0 unspecified atom stereocenters. The second-order valence-electron chi connectivity index (χ2n) is 9.28. The number of carbonyl (C=O) groups excluding carboxylic acids is 2. The summed E-state index contributed by atoms with van der Waals surface area (Å²) in [6.45, 7) is 9.80. The largest absolute Gasteiger partial charge is 0.381 e. The van der Waals surface area contributed by atoms with Gasteiger partial charge in [-0.15, -0.1) is 0 Å². The van der Waals surface area contributed by atoms with Gasteiger partial charge in [0.2, 0.25) is 5.91 Å². The number of nitrogens with one attached hydrogen (secondary N) is 1. The Morgan fingerprint density at radius 2 is 2.03 bits per heavy atom. The van der Waals surface area contributed by atoms with Crippen molar-refractivity contribution < 1.29 is 14.3 Å². The minimum Gasteiger partial charge on any atom is -0.381 e. The molecule has 3 saturated heterocycles. The van der Waals surface area contributed by atoms with E-state index in [9.17, 15) is 9.59 Å². The molecule has 0 spiro atoms. The van der Waals surface area contributed by atoms with E-state index >= 15 is 0 Å². The van der Waals surface area contributed by atoms with Crippen molar-refractivity contribution in [1.82, 2.24) is 24.7 Å². The number of amides is 3. The molecule has 9 nitrogen and oxygen atoms in total. The number of rotatable bonds is 5. The van der Waals surface area contributed by atoms with Crippen molar-refractivity contribution in [1.29, 1.82) is 0 Å². The van der Waals surface area contributed by atoms with Crippen molar-refractivity contribution in [2.24, 2.45) is 5.92 Å². The van der Waals surface area contributed by atoms with Gasteiger partial charge in [0, 0.05) is 71.1 Å². The van der Waals surface area contributed by atoms with Crippen LogP contribution in [-0.4, -0.2) is 83.3 Å². The summed E-state index contributed by atoms with van der Waals surface area (Å²) in [6, 6.07) is 4.37. The molecule has 5 heterocycles. The van der Waals surface area contributed by atoms with Crippen molar-refractivity contribution in [2.45, 2.75) is 38.8 Å². The Kier molecular flexibility index (Phi) is 6.12. The molecule has 3 fully saturated rings. The molecule has 3 aliphatic rings. The van der Waals surface area contributed by atoms with Crippen LogP contribution in [0.3, 0.4) is 0 Å². The van der Waals surface area contributed by atoms with Crippen LogP contribution in [0.1, 0.15) is 31.7 Å². The lowest BCUT2D eigenvalue weighted by Gasteiger charge is -2.42. The molecule has 32 heavy (non-hydrogen) atoms. The van der Waals surface area contributed by atoms with Crippen LogP contribution in [0.25, 0.3) is 5.52 Å². The molecule has 3 aliphatic heterocycles. The van der Waals surface area contributed by atoms with Crippen LogP contribution in [0.2, 0.25) is 0 Å². The van der Waals surface area contributed by atoms with Crippen LogP contribution in [-0.2, 0) is 16.1 Å². The van der Waals surface area contributed by atoms with Gasteiger partial charge in [-0.2, -0.15) is 5.10 Å². The molecule has 2 aromatic heterocycles. The fourth-order valence-corrected chi connectivity index (χ4v) is 5.12. The lowest BCUT2D eigenvalue weighted by molar-refractivity contribution is -0.120. The molecule has 1 N–H and O–H groups in total. The number of urea groups is 1. The molecule has 0 saturated carbocycles. The van der Waals surface area contributed by atoms with E-state index in [1.165, 1.54) is 24.9 Å². The number of nitrogens with zero attached hydrogens (tertiary/aromatic N) is 5. The highest BCUT2D eigenvalue weighted by Crippen LogP contribution is 2.25. The molecular weight excluding hydrogens is 408 g/mol. The van der Waals surface area contributed by atoms with E-state index in [4.69, 9.17) is 4.74 Å². The SMILES string of the molecule is C[C@H]1CN(Cc2ccn3ncc(N4CCC(=O)NC4=O)c3c2)CCN1CC1CCOCC1. The summed E-state index contributed by atoms with van der Waals surface area (Å²) in [5, 5.41) is 6.79. The summed E-state index contributed by atoms with van der Waals surface area (Å²) in [6.07, 6.45) is 6.32. The molecule has 0 bridgehead atoms. The molecule has 1 atom stereocenters. The summed E-state index contributed by atoms with van der Waals surface area (Å²) in [7, 11) is 0. The molecule has 3 amide bonds. The zero-order valence-corrected chi connectivity index (χ0v) is 18.7. The average molecular weight is 441 g/mol. The quantitative estimate of drug-likeness (QED) is 0.762. The Bertz CT molecular complexity index is 985. The summed E-state index contributed by atoms with van der Waals surface area (Å²) < 4.78 is 7.30. The Hall–Kier alpha value is -2.49. The van der Waals surface area contributed by atoms with Gasteiger partial charge in [-0.05, 0) is 43.4 Å². The van der Waals surface area contributed by atoms with Crippen molar-refractivity contribution >= 4 is 23.1 Å². The van der Waals surface area contributed by atoms with Crippen LogP contribution >= 0.6 is 0 Å². The lowest BCUT2D eigenvalue weighted by atomic mass is 9.98. The van der Waals surface area contributed by atoms with Crippen LogP contribution in [0.4, 0.5) is 10.5 Å². The summed E-state index contributed by atoms with van der Waals surface area (Å²) in [4.78, 5) is 30.5. The first-order valence-corrected chi connectivity index (χ1v) is 11.7. The Morgan fingerprint density at radius 1 is 1.19 bits per heavy atom. The number of fused-ring (bicyclic) bond motifs is 1. The highest BCUT2D eigenvalue weighted by Gasteiger charge is 2.28. The van der Waals surface area contributed by atoms with Crippen molar-refractivity contribution in [3.05, 3.63) is 30.1 Å². The number of hydrogen-bond donors (Lipinski definition) is 1. The fraction of sp³-hybridized carbons (Fsp3) is 0.609. The van der Waals surface area contributed by atoms with Gasteiger partial charge in [-0.1, -0.05) is 0 Å². The lowest BCUT2D eigenvalue weighted by Crippen LogP contribution is -2.52. The highest BCUT2D eigenvalue weighted by atomic mass is 16.5. The molecular formula is C23H32N6O3. The van der Waals surface area contributed by atoms with Crippen molar-refractivity contribution in [3.8, 4) is 0 Å². The average Bonchev–Trinajstić information content (AvgIpc) is 3.19. The number of piperazine rings is 1. The second-order valence-corrected chi connectivity index (χ2v) is 9.28. The molecule has 2 aromatic rings. The topological polar surface area (TPSA) is 82.4 Å². The molecule has 5 rings (SSSR count). The Labute approximate surface area is 188 Å². The number of pyridine rings is 1.